The van der Waals surface area contributed by atoms with Gasteiger partial charge in [0.05, 0.1) is 19.8 Å². The fourth-order valence-electron chi connectivity index (χ4n) is 1.97. The van der Waals surface area contributed by atoms with Crippen LogP contribution in [0.2, 0.25) is 0 Å². The minimum Gasteiger partial charge on any atom is -0.492 e. The third-order valence-corrected chi connectivity index (χ3v) is 3.35. The number of rotatable bonds is 12. The van der Waals surface area contributed by atoms with Crippen LogP contribution < -0.4 is 15.4 Å². The van der Waals surface area contributed by atoms with Crippen molar-refractivity contribution in [1.82, 2.24) is 10.6 Å². The summed E-state index contributed by atoms with van der Waals surface area (Å²) in [5.74, 6) is 1.68. The number of nitrogens with zero attached hydrogens (tertiary/aromatic N) is 1. The third kappa shape index (κ3) is 10.1. The van der Waals surface area contributed by atoms with Crippen molar-refractivity contribution in [3.05, 3.63) is 29.8 Å². The maximum Gasteiger partial charge on any atom is 0.191 e. The van der Waals surface area contributed by atoms with E-state index in [4.69, 9.17) is 14.2 Å². The van der Waals surface area contributed by atoms with Crippen molar-refractivity contribution in [2.45, 2.75) is 19.8 Å². The number of guanidine groups is 1. The van der Waals surface area contributed by atoms with Crippen LogP contribution in [0.15, 0.2) is 29.3 Å². The number of aliphatic imine (C=N–C) groups is 1. The second-order valence-corrected chi connectivity index (χ2v) is 5.40. The molecule has 0 saturated carbocycles. The Morgan fingerprint density at radius 3 is 2.42 bits per heavy atom. The van der Waals surface area contributed by atoms with E-state index >= 15 is 0 Å². The van der Waals surface area contributed by atoms with Crippen LogP contribution in [0.1, 0.15) is 18.4 Å². The Bertz CT molecular complexity index is 449. The first kappa shape index (κ1) is 20.3. The minimum absolute atomic E-state index is 0.594. The summed E-state index contributed by atoms with van der Waals surface area (Å²) < 4.78 is 16.0. The number of hydrogen-bond acceptors (Lipinski definition) is 4. The van der Waals surface area contributed by atoms with E-state index in [2.05, 4.69) is 22.5 Å². The molecule has 136 valence electrons. The van der Waals surface area contributed by atoms with Crippen LogP contribution in [-0.2, 0) is 9.47 Å². The van der Waals surface area contributed by atoms with E-state index in [1.807, 2.05) is 24.3 Å². The monoisotopic (exact) mass is 337 g/mol. The van der Waals surface area contributed by atoms with Crippen LogP contribution in [0.4, 0.5) is 0 Å². The minimum atomic E-state index is 0.594. The van der Waals surface area contributed by atoms with Crippen molar-refractivity contribution >= 4 is 5.96 Å². The summed E-state index contributed by atoms with van der Waals surface area (Å²) >= 11 is 0. The first-order chi connectivity index (χ1) is 11.8. The van der Waals surface area contributed by atoms with E-state index in [1.165, 1.54) is 5.56 Å². The fourth-order valence-corrected chi connectivity index (χ4v) is 1.97. The zero-order chi connectivity index (χ0) is 17.5. The molecule has 6 heteroatoms. The van der Waals surface area contributed by atoms with Crippen LogP contribution in [-0.4, -0.2) is 59.6 Å². The molecule has 6 nitrogen and oxygen atoms in total. The third-order valence-electron chi connectivity index (χ3n) is 3.35. The maximum atomic E-state index is 5.67. The molecular formula is C18H31N3O3. The van der Waals surface area contributed by atoms with Crippen molar-refractivity contribution in [1.29, 1.82) is 0 Å². The van der Waals surface area contributed by atoms with Gasteiger partial charge >= 0.3 is 0 Å². The Morgan fingerprint density at radius 2 is 1.71 bits per heavy atom. The highest BCUT2D eigenvalue weighted by Gasteiger charge is 1.98. The Hall–Kier alpha value is -1.79. The topological polar surface area (TPSA) is 64.1 Å². The molecule has 0 spiro atoms. The number of benzene rings is 1. The summed E-state index contributed by atoms with van der Waals surface area (Å²) in [6.45, 7) is 6.30. The predicted molar refractivity (Wildman–Crippen MR) is 98.0 cm³/mol. The van der Waals surface area contributed by atoms with Gasteiger partial charge in [0.2, 0.25) is 0 Å². The molecule has 2 N–H and O–H groups in total. The van der Waals surface area contributed by atoms with Gasteiger partial charge in [0, 0.05) is 27.3 Å². The van der Waals surface area contributed by atoms with Gasteiger partial charge in [-0.05, 0) is 31.9 Å². The molecule has 0 radical (unpaired) electrons. The summed E-state index contributed by atoms with van der Waals surface area (Å²) in [5.41, 5.74) is 1.23. The molecule has 0 unspecified atom stereocenters. The second-order valence-electron chi connectivity index (χ2n) is 5.40. The van der Waals surface area contributed by atoms with Gasteiger partial charge in [0.1, 0.15) is 12.4 Å². The number of hydrogen-bond donors (Lipinski definition) is 2. The Kier molecular flexibility index (Phi) is 11.5. The summed E-state index contributed by atoms with van der Waals surface area (Å²) in [4.78, 5) is 4.19. The molecular weight excluding hydrogens is 306 g/mol. The summed E-state index contributed by atoms with van der Waals surface area (Å²) in [7, 11) is 3.45. The van der Waals surface area contributed by atoms with E-state index < -0.39 is 0 Å². The molecule has 0 saturated heterocycles. The van der Waals surface area contributed by atoms with Crippen molar-refractivity contribution in [3.63, 3.8) is 0 Å². The molecule has 0 heterocycles. The largest absolute Gasteiger partial charge is 0.492 e. The number of methoxy groups -OCH3 is 1. The molecule has 24 heavy (non-hydrogen) atoms. The molecule has 0 fully saturated rings. The quantitative estimate of drug-likeness (QED) is 0.347. The Labute approximate surface area is 145 Å². The summed E-state index contributed by atoms with van der Waals surface area (Å²) in [6, 6.07) is 8.05. The zero-order valence-electron chi connectivity index (χ0n) is 15.1. The molecule has 0 aliphatic carbocycles. The lowest BCUT2D eigenvalue weighted by Gasteiger charge is -2.12. The highest BCUT2D eigenvalue weighted by Crippen LogP contribution is 2.10. The number of nitrogens with one attached hydrogen (secondary N) is 2. The highest BCUT2D eigenvalue weighted by molar-refractivity contribution is 5.79. The van der Waals surface area contributed by atoms with E-state index in [9.17, 15) is 0 Å². The van der Waals surface area contributed by atoms with Crippen LogP contribution in [0.3, 0.4) is 0 Å². The van der Waals surface area contributed by atoms with Crippen LogP contribution in [0, 0.1) is 6.92 Å². The average molecular weight is 337 g/mol. The van der Waals surface area contributed by atoms with Gasteiger partial charge in [-0.1, -0.05) is 17.7 Å². The molecule has 1 aromatic rings. The first-order valence-electron chi connectivity index (χ1n) is 8.47. The molecule has 0 atom stereocenters. The van der Waals surface area contributed by atoms with E-state index in [0.29, 0.717) is 26.4 Å². The molecule has 1 rings (SSSR count). The van der Waals surface area contributed by atoms with E-state index in [0.717, 1.165) is 37.7 Å². The molecule has 0 aliphatic heterocycles. The van der Waals surface area contributed by atoms with Gasteiger partial charge in [-0.3, -0.25) is 4.99 Å². The normalized spacial score (nSPS) is 11.4. The van der Waals surface area contributed by atoms with E-state index in [-0.39, 0.29) is 0 Å². The van der Waals surface area contributed by atoms with E-state index in [1.54, 1.807) is 14.2 Å². The molecule has 0 aromatic heterocycles. The van der Waals surface area contributed by atoms with Gasteiger partial charge in [-0.25, -0.2) is 0 Å². The number of unbranched alkanes of at least 4 members (excludes halogenated alkanes) is 1. The summed E-state index contributed by atoms with van der Waals surface area (Å²) in [6.07, 6.45) is 2.05. The summed E-state index contributed by atoms with van der Waals surface area (Å²) in [5, 5.41) is 6.52. The van der Waals surface area contributed by atoms with Gasteiger partial charge in [-0.2, -0.15) is 0 Å². The lowest BCUT2D eigenvalue weighted by Crippen LogP contribution is -2.39. The standard InChI is InChI=1S/C18H31N3O3/c1-16-6-8-17(9-7-16)24-13-11-21-18(19-2)20-10-4-5-12-23-15-14-22-3/h6-9H,4-5,10-15H2,1-3H3,(H2,19,20,21). The average Bonchev–Trinajstić information content (AvgIpc) is 2.60. The van der Waals surface area contributed by atoms with Crippen LogP contribution in [0.5, 0.6) is 5.75 Å². The van der Waals surface area contributed by atoms with Crippen molar-refractivity contribution < 1.29 is 14.2 Å². The fraction of sp³-hybridized carbons (Fsp3) is 0.611. The predicted octanol–water partition coefficient (Wildman–Crippen LogP) is 1.98. The first-order valence-corrected chi connectivity index (χ1v) is 8.47. The van der Waals surface area contributed by atoms with Crippen molar-refractivity contribution in [2.24, 2.45) is 4.99 Å². The highest BCUT2D eigenvalue weighted by atomic mass is 16.5. The molecule has 0 aliphatic rings. The number of aryl methyl sites for hydroxylation is 1. The maximum absolute atomic E-state index is 5.67. The van der Waals surface area contributed by atoms with Gasteiger partial charge in [0.15, 0.2) is 5.96 Å². The van der Waals surface area contributed by atoms with Crippen LogP contribution >= 0.6 is 0 Å². The second kappa shape index (κ2) is 13.6. The number of ether oxygens (including phenoxy) is 3. The lowest BCUT2D eigenvalue weighted by atomic mass is 10.2. The SMILES string of the molecule is CN=C(NCCCCOCCOC)NCCOc1ccc(C)cc1. The Balaban J connectivity index is 2.01. The van der Waals surface area contributed by atoms with Crippen LogP contribution in [0.25, 0.3) is 0 Å². The van der Waals surface area contributed by atoms with Gasteiger partial charge < -0.3 is 24.8 Å². The van der Waals surface area contributed by atoms with Crippen molar-refractivity contribution in [3.8, 4) is 5.75 Å². The van der Waals surface area contributed by atoms with Crippen molar-refractivity contribution in [2.75, 3.05) is 53.7 Å². The molecule has 0 amide bonds. The van der Waals surface area contributed by atoms with Gasteiger partial charge in [-0.15, -0.1) is 0 Å². The Morgan fingerprint density at radius 1 is 0.958 bits per heavy atom. The zero-order valence-corrected chi connectivity index (χ0v) is 15.1. The smallest absolute Gasteiger partial charge is 0.191 e. The lowest BCUT2D eigenvalue weighted by molar-refractivity contribution is 0.0689. The molecule has 1 aromatic carbocycles. The van der Waals surface area contributed by atoms with Gasteiger partial charge in [0.25, 0.3) is 0 Å². The molecule has 0 bridgehead atoms.